The lowest BCUT2D eigenvalue weighted by molar-refractivity contribution is 0.0696. The van der Waals surface area contributed by atoms with Gasteiger partial charge in [-0.25, -0.2) is 13.9 Å². The normalized spacial score (nSPS) is 10.8. The molecule has 0 saturated carbocycles. The van der Waals surface area contributed by atoms with E-state index >= 15 is 0 Å². The minimum atomic E-state index is -1.09. The third kappa shape index (κ3) is 4.98. The van der Waals surface area contributed by atoms with Crippen LogP contribution in [-0.4, -0.2) is 33.9 Å². The van der Waals surface area contributed by atoms with E-state index in [9.17, 15) is 19.1 Å². The first kappa shape index (κ1) is 24.0. The van der Waals surface area contributed by atoms with Gasteiger partial charge in [0.25, 0.3) is 5.91 Å². The SMILES string of the molecule is COc1ccc(-c2ccc(-c3nn(-c4ccccc4)cc3C(=O)Nc3cccc(C(=O)O)c3)s2)cc1F. The van der Waals surface area contributed by atoms with E-state index in [1.807, 2.05) is 42.5 Å². The van der Waals surface area contributed by atoms with Gasteiger partial charge in [0.1, 0.15) is 5.69 Å². The van der Waals surface area contributed by atoms with Crippen LogP contribution >= 0.6 is 11.3 Å². The average Bonchev–Trinajstić information content (AvgIpc) is 3.57. The maximum Gasteiger partial charge on any atom is 0.335 e. The number of carbonyl (C=O) groups excluding carboxylic acids is 1. The van der Waals surface area contributed by atoms with Crippen molar-refractivity contribution in [3.63, 3.8) is 0 Å². The number of benzene rings is 3. The molecule has 37 heavy (non-hydrogen) atoms. The number of halogens is 1. The first-order valence-corrected chi connectivity index (χ1v) is 12.0. The number of methoxy groups -OCH3 is 1. The van der Waals surface area contributed by atoms with E-state index in [2.05, 4.69) is 10.4 Å². The van der Waals surface area contributed by atoms with Crippen molar-refractivity contribution in [1.29, 1.82) is 0 Å². The van der Waals surface area contributed by atoms with Crippen LogP contribution < -0.4 is 10.1 Å². The van der Waals surface area contributed by atoms with Crippen molar-refractivity contribution in [3.8, 4) is 32.4 Å². The predicted molar refractivity (Wildman–Crippen MR) is 140 cm³/mol. The number of nitrogens with zero attached hydrogens (tertiary/aromatic N) is 2. The summed E-state index contributed by atoms with van der Waals surface area (Å²) in [6.45, 7) is 0. The van der Waals surface area contributed by atoms with E-state index in [-0.39, 0.29) is 11.3 Å². The van der Waals surface area contributed by atoms with Gasteiger partial charge in [-0.15, -0.1) is 11.3 Å². The lowest BCUT2D eigenvalue weighted by atomic mass is 10.1. The van der Waals surface area contributed by atoms with Crippen LogP contribution in [0.25, 0.3) is 26.7 Å². The highest BCUT2D eigenvalue weighted by Crippen LogP contribution is 2.37. The highest BCUT2D eigenvalue weighted by molar-refractivity contribution is 7.18. The monoisotopic (exact) mass is 513 g/mol. The molecular formula is C28H20FN3O4S. The minimum absolute atomic E-state index is 0.0626. The first-order valence-electron chi connectivity index (χ1n) is 11.2. The molecule has 0 unspecified atom stereocenters. The Labute approximate surface area is 215 Å². The molecule has 2 heterocycles. The molecule has 0 saturated heterocycles. The van der Waals surface area contributed by atoms with Gasteiger partial charge in [-0.3, -0.25) is 4.79 Å². The second-order valence-corrected chi connectivity index (χ2v) is 9.11. The molecular weight excluding hydrogens is 493 g/mol. The molecule has 3 aromatic carbocycles. The van der Waals surface area contributed by atoms with E-state index < -0.39 is 17.7 Å². The zero-order chi connectivity index (χ0) is 25.9. The summed E-state index contributed by atoms with van der Waals surface area (Å²) in [4.78, 5) is 26.2. The molecule has 0 aliphatic heterocycles. The smallest absolute Gasteiger partial charge is 0.335 e. The number of thiophene rings is 1. The summed E-state index contributed by atoms with van der Waals surface area (Å²) < 4.78 is 20.9. The van der Waals surface area contributed by atoms with Crippen LogP contribution in [0.3, 0.4) is 0 Å². The van der Waals surface area contributed by atoms with Gasteiger partial charge in [-0.2, -0.15) is 5.10 Å². The molecule has 0 aliphatic rings. The molecule has 0 fully saturated rings. The maximum absolute atomic E-state index is 14.3. The molecule has 2 aromatic heterocycles. The zero-order valence-corrected chi connectivity index (χ0v) is 20.3. The van der Waals surface area contributed by atoms with Gasteiger partial charge in [-0.1, -0.05) is 24.3 Å². The number of hydrogen-bond donors (Lipinski definition) is 2. The fourth-order valence-electron chi connectivity index (χ4n) is 3.80. The topological polar surface area (TPSA) is 93.5 Å². The minimum Gasteiger partial charge on any atom is -0.494 e. The number of hydrogen-bond acceptors (Lipinski definition) is 5. The van der Waals surface area contributed by atoms with Crippen molar-refractivity contribution in [2.45, 2.75) is 0 Å². The van der Waals surface area contributed by atoms with Crippen molar-refractivity contribution < 1.29 is 23.8 Å². The number of carboxylic acids is 1. The molecule has 5 rings (SSSR count). The molecule has 0 aliphatic carbocycles. The number of ether oxygens (including phenoxy) is 1. The number of para-hydroxylation sites is 1. The van der Waals surface area contributed by atoms with Gasteiger partial charge in [0, 0.05) is 16.8 Å². The van der Waals surface area contributed by atoms with Crippen LogP contribution in [-0.2, 0) is 0 Å². The first-order chi connectivity index (χ1) is 17.9. The molecule has 0 atom stereocenters. The Morgan fingerprint density at radius 1 is 0.973 bits per heavy atom. The van der Waals surface area contributed by atoms with Crippen LogP contribution in [0.5, 0.6) is 5.75 Å². The van der Waals surface area contributed by atoms with E-state index in [0.29, 0.717) is 27.4 Å². The highest BCUT2D eigenvalue weighted by Gasteiger charge is 2.21. The molecule has 184 valence electrons. The molecule has 0 radical (unpaired) electrons. The summed E-state index contributed by atoms with van der Waals surface area (Å²) in [7, 11) is 1.41. The summed E-state index contributed by atoms with van der Waals surface area (Å²) >= 11 is 1.37. The molecule has 9 heteroatoms. The number of carboxylic acid groups (broad SMARTS) is 1. The molecule has 0 spiro atoms. The van der Waals surface area contributed by atoms with Crippen LogP contribution in [0.15, 0.2) is 91.1 Å². The third-order valence-electron chi connectivity index (χ3n) is 5.62. The standard InChI is InChI=1S/C28H20FN3O4S/c1-36-23-11-10-17(15-22(23)29)24-12-13-25(37-24)26-21(16-32(31-26)20-8-3-2-4-9-20)27(33)30-19-7-5-6-18(14-19)28(34)35/h2-16H,1H3,(H,30,33)(H,34,35). The number of carbonyl (C=O) groups is 2. The van der Waals surface area contributed by atoms with Crippen LogP contribution in [0, 0.1) is 5.82 Å². The van der Waals surface area contributed by atoms with E-state index in [1.54, 1.807) is 35.1 Å². The van der Waals surface area contributed by atoms with Gasteiger partial charge >= 0.3 is 5.97 Å². The summed E-state index contributed by atoms with van der Waals surface area (Å²) in [6.07, 6.45) is 1.63. The molecule has 7 nitrogen and oxygen atoms in total. The zero-order valence-electron chi connectivity index (χ0n) is 19.5. The van der Waals surface area contributed by atoms with Gasteiger partial charge in [-0.05, 0) is 66.2 Å². The lowest BCUT2D eigenvalue weighted by Crippen LogP contribution is -2.12. The number of amides is 1. The van der Waals surface area contributed by atoms with Gasteiger partial charge in [0.15, 0.2) is 11.6 Å². The van der Waals surface area contributed by atoms with Gasteiger partial charge in [0.05, 0.1) is 28.8 Å². The second kappa shape index (κ2) is 10.1. The van der Waals surface area contributed by atoms with E-state index in [1.165, 1.54) is 36.6 Å². The largest absolute Gasteiger partial charge is 0.494 e. The Kier molecular flexibility index (Phi) is 6.53. The predicted octanol–water partition coefficient (Wildman–Crippen LogP) is 6.37. The average molecular weight is 514 g/mol. The van der Waals surface area contributed by atoms with E-state index in [4.69, 9.17) is 4.74 Å². The Morgan fingerprint density at radius 2 is 1.76 bits per heavy atom. The van der Waals surface area contributed by atoms with Crippen molar-refractivity contribution in [3.05, 3.63) is 108 Å². The second-order valence-electron chi connectivity index (χ2n) is 8.02. The lowest BCUT2D eigenvalue weighted by Gasteiger charge is -2.06. The van der Waals surface area contributed by atoms with Crippen LogP contribution in [0.4, 0.5) is 10.1 Å². The van der Waals surface area contributed by atoms with Crippen molar-refractivity contribution in [2.24, 2.45) is 0 Å². The number of nitrogens with one attached hydrogen (secondary N) is 1. The van der Waals surface area contributed by atoms with E-state index in [0.717, 1.165) is 10.6 Å². The van der Waals surface area contributed by atoms with Crippen LogP contribution in [0.2, 0.25) is 0 Å². The Bertz CT molecular complexity index is 1610. The third-order valence-corrected chi connectivity index (χ3v) is 6.76. The molecule has 5 aromatic rings. The summed E-state index contributed by atoms with van der Waals surface area (Å²) in [6, 6.07) is 23.8. The Hall–Kier alpha value is -4.76. The quantitative estimate of drug-likeness (QED) is 0.264. The number of aromatic nitrogens is 2. The molecule has 1 amide bonds. The fourth-order valence-corrected chi connectivity index (χ4v) is 4.80. The Balaban J connectivity index is 1.53. The molecule has 2 N–H and O–H groups in total. The maximum atomic E-state index is 14.3. The van der Waals surface area contributed by atoms with Crippen molar-refractivity contribution in [1.82, 2.24) is 9.78 Å². The van der Waals surface area contributed by atoms with Gasteiger partial charge < -0.3 is 15.2 Å². The van der Waals surface area contributed by atoms with Gasteiger partial charge in [0.2, 0.25) is 0 Å². The van der Waals surface area contributed by atoms with Crippen molar-refractivity contribution in [2.75, 3.05) is 12.4 Å². The Morgan fingerprint density at radius 3 is 2.49 bits per heavy atom. The van der Waals surface area contributed by atoms with Crippen molar-refractivity contribution >= 4 is 28.9 Å². The summed E-state index contributed by atoms with van der Waals surface area (Å²) in [5, 5.41) is 16.7. The summed E-state index contributed by atoms with van der Waals surface area (Å²) in [5.74, 6) is -1.83. The highest BCUT2D eigenvalue weighted by atomic mass is 32.1. The van der Waals surface area contributed by atoms with Crippen LogP contribution in [0.1, 0.15) is 20.7 Å². The number of anilines is 1. The summed E-state index contributed by atoms with van der Waals surface area (Å²) in [5.41, 5.74) is 2.61. The number of rotatable bonds is 7. The number of aromatic carboxylic acids is 1. The molecule has 0 bridgehead atoms. The fraction of sp³-hybridized carbons (Fsp3) is 0.0357.